The summed E-state index contributed by atoms with van der Waals surface area (Å²) in [6, 6.07) is 15.4. The van der Waals surface area contributed by atoms with Gasteiger partial charge in [0.15, 0.2) is 6.61 Å². The molecular formula is C16H15IN2O2. The Bertz CT molecular complexity index is 622. The quantitative estimate of drug-likeness (QED) is 0.479. The maximum atomic E-state index is 11.6. The van der Waals surface area contributed by atoms with E-state index in [4.69, 9.17) is 4.84 Å². The van der Waals surface area contributed by atoms with Gasteiger partial charge in [0.1, 0.15) is 0 Å². The van der Waals surface area contributed by atoms with Crippen molar-refractivity contribution >= 4 is 40.4 Å². The van der Waals surface area contributed by atoms with E-state index in [-0.39, 0.29) is 12.5 Å². The lowest BCUT2D eigenvalue weighted by molar-refractivity contribution is -0.120. The third-order valence-corrected chi connectivity index (χ3v) is 3.40. The predicted octanol–water partition coefficient (Wildman–Crippen LogP) is 3.59. The largest absolute Gasteiger partial charge is 0.386 e. The highest BCUT2D eigenvalue weighted by Crippen LogP contribution is 2.10. The summed E-state index contributed by atoms with van der Waals surface area (Å²) in [6.07, 6.45) is 1.58. The van der Waals surface area contributed by atoms with Crippen molar-refractivity contribution in [3.05, 3.63) is 63.2 Å². The molecule has 2 rings (SSSR count). The average molecular weight is 394 g/mol. The minimum atomic E-state index is -0.239. The Morgan fingerprint density at radius 1 is 1.19 bits per heavy atom. The van der Waals surface area contributed by atoms with E-state index in [1.807, 2.05) is 55.5 Å². The molecule has 0 aromatic heterocycles. The fourth-order valence-corrected chi connectivity index (χ4v) is 1.94. The van der Waals surface area contributed by atoms with Gasteiger partial charge >= 0.3 is 0 Å². The molecule has 0 unspecified atom stereocenters. The molecule has 5 heteroatoms. The molecule has 0 fully saturated rings. The normalized spacial score (nSPS) is 10.6. The molecule has 21 heavy (non-hydrogen) atoms. The molecular weight excluding hydrogens is 379 g/mol. The minimum Gasteiger partial charge on any atom is -0.386 e. The topological polar surface area (TPSA) is 50.7 Å². The number of carbonyl (C=O) groups excluding carboxylic acids is 1. The maximum absolute atomic E-state index is 11.6. The summed E-state index contributed by atoms with van der Waals surface area (Å²) in [5.41, 5.74) is 2.86. The Kier molecular flexibility index (Phi) is 5.74. The molecule has 0 saturated carbocycles. The predicted molar refractivity (Wildman–Crippen MR) is 92.5 cm³/mol. The van der Waals surface area contributed by atoms with Crippen molar-refractivity contribution in [2.75, 3.05) is 11.9 Å². The van der Waals surface area contributed by atoms with E-state index in [1.54, 1.807) is 6.21 Å². The number of benzene rings is 2. The number of hydrogen-bond acceptors (Lipinski definition) is 3. The molecule has 0 atom stereocenters. The Labute approximate surface area is 137 Å². The maximum Gasteiger partial charge on any atom is 0.265 e. The number of nitrogens with zero attached hydrogens (tertiary/aromatic N) is 1. The van der Waals surface area contributed by atoms with Gasteiger partial charge in [0.2, 0.25) is 0 Å². The lowest BCUT2D eigenvalue weighted by atomic mass is 10.2. The molecule has 0 saturated heterocycles. The van der Waals surface area contributed by atoms with Crippen LogP contribution in [0.5, 0.6) is 0 Å². The first kappa shape index (κ1) is 15.5. The molecule has 108 valence electrons. The molecule has 0 aliphatic heterocycles. The number of oxime groups is 1. The highest BCUT2D eigenvalue weighted by atomic mass is 127. The summed E-state index contributed by atoms with van der Waals surface area (Å²) in [5.74, 6) is -0.239. The Morgan fingerprint density at radius 2 is 1.86 bits per heavy atom. The Hall–Kier alpha value is -1.89. The van der Waals surface area contributed by atoms with Crippen LogP contribution in [-0.4, -0.2) is 18.7 Å². The number of anilines is 1. The van der Waals surface area contributed by atoms with Gasteiger partial charge in [-0.3, -0.25) is 4.79 Å². The number of carbonyl (C=O) groups is 1. The van der Waals surface area contributed by atoms with Crippen LogP contribution in [0.2, 0.25) is 0 Å². The second-order valence-corrected chi connectivity index (χ2v) is 5.72. The van der Waals surface area contributed by atoms with E-state index < -0.39 is 0 Å². The molecule has 0 bridgehead atoms. The van der Waals surface area contributed by atoms with Crippen molar-refractivity contribution < 1.29 is 9.63 Å². The molecule has 1 N–H and O–H groups in total. The fourth-order valence-electron chi connectivity index (χ4n) is 1.58. The standard InChI is InChI=1S/C16H15IN2O2/c1-12-2-4-13(5-3-12)10-18-21-11-16(20)19-15-8-6-14(17)7-9-15/h2-10H,11H2,1H3,(H,19,20)/b18-10-. The van der Waals surface area contributed by atoms with Crippen LogP contribution in [0.15, 0.2) is 53.7 Å². The molecule has 2 aromatic rings. The SMILES string of the molecule is Cc1ccc(/C=N\OCC(=O)Nc2ccc(I)cc2)cc1. The zero-order chi connectivity index (χ0) is 15.1. The van der Waals surface area contributed by atoms with Crippen LogP contribution in [0.25, 0.3) is 0 Å². The van der Waals surface area contributed by atoms with Gasteiger partial charge in [-0.15, -0.1) is 0 Å². The zero-order valence-electron chi connectivity index (χ0n) is 11.5. The Morgan fingerprint density at radius 3 is 2.52 bits per heavy atom. The van der Waals surface area contributed by atoms with Gasteiger partial charge in [0.05, 0.1) is 6.21 Å². The van der Waals surface area contributed by atoms with E-state index >= 15 is 0 Å². The van der Waals surface area contributed by atoms with Gasteiger partial charge in [-0.05, 0) is 59.3 Å². The van der Waals surface area contributed by atoms with Gasteiger partial charge in [0, 0.05) is 9.26 Å². The lowest BCUT2D eigenvalue weighted by Crippen LogP contribution is -2.16. The first-order valence-corrected chi connectivity index (χ1v) is 7.49. The molecule has 4 nitrogen and oxygen atoms in total. The van der Waals surface area contributed by atoms with Crippen LogP contribution in [0, 0.1) is 10.5 Å². The average Bonchev–Trinajstić information content (AvgIpc) is 2.48. The number of amides is 1. The molecule has 1 amide bonds. The summed E-state index contributed by atoms with van der Waals surface area (Å²) >= 11 is 2.21. The summed E-state index contributed by atoms with van der Waals surface area (Å²) in [7, 11) is 0. The third-order valence-electron chi connectivity index (χ3n) is 2.68. The van der Waals surface area contributed by atoms with Crippen molar-refractivity contribution in [3.8, 4) is 0 Å². The van der Waals surface area contributed by atoms with Gasteiger partial charge in [-0.25, -0.2) is 0 Å². The molecule has 0 spiro atoms. The van der Waals surface area contributed by atoms with Crippen molar-refractivity contribution in [1.29, 1.82) is 0 Å². The van der Waals surface area contributed by atoms with Gasteiger partial charge in [0.25, 0.3) is 5.91 Å². The zero-order valence-corrected chi connectivity index (χ0v) is 13.7. The van der Waals surface area contributed by atoms with Crippen LogP contribution in [0.4, 0.5) is 5.69 Å². The fraction of sp³-hybridized carbons (Fsp3) is 0.125. The summed E-state index contributed by atoms with van der Waals surface area (Å²) in [4.78, 5) is 16.6. The van der Waals surface area contributed by atoms with E-state index in [1.165, 1.54) is 5.56 Å². The Balaban J connectivity index is 1.76. The van der Waals surface area contributed by atoms with Crippen molar-refractivity contribution in [1.82, 2.24) is 0 Å². The van der Waals surface area contributed by atoms with E-state index in [9.17, 15) is 4.79 Å². The van der Waals surface area contributed by atoms with Crippen LogP contribution >= 0.6 is 22.6 Å². The summed E-state index contributed by atoms with van der Waals surface area (Å²) in [5, 5.41) is 6.51. The molecule has 2 aromatic carbocycles. The monoisotopic (exact) mass is 394 g/mol. The first-order chi connectivity index (χ1) is 10.1. The minimum absolute atomic E-state index is 0.117. The van der Waals surface area contributed by atoms with Crippen molar-refractivity contribution in [3.63, 3.8) is 0 Å². The second-order valence-electron chi connectivity index (χ2n) is 4.47. The number of halogens is 1. The van der Waals surface area contributed by atoms with Crippen LogP contribution in [0.3, 0.4) is 0 Å². The number of aryl methyl sites for hydroxylation is 1. The molecule has 0 aliphatic carbocycles. The first-order valence-electron chi connectivity index (χ1n) is 6.41. The number of nitrogens with one attached hydrogen (secondary N) is 1. The van der Waals surface area contributed by atoms with Gasteiger partial charge < -0.3 is 10.2 Å². The molecule has 0 aliphatic rings. The lowest BCUT2D eigenvalue weighted by Gasteiger charge is -2.04. The van der Waals surface area contributed by atoms with Crippen LogP contribution < -0.4 is 5.32 Å². The summed E-state index contributed by atoms with van der Waals surface area (Å²) < 4.78 is 1.12. The van der Waals surface area contributed by atoms with E-state index in [0.29, 0.717) is 0 Å². The molecule has 0 heterocycles. The third kappa shape index (κ3) is 5.55. The highest BCUT2D eigenvalue weighted by molar-refractivity contribution is 14.1. The highest BCUT2D eigenvalue weighted by Gasteiger charge is 2.02. The van der Waals surface area contributed by atoms with E-state index in [0.717, 1.165) is 14.8 Å². The van der Waals surface area contributed by atoms with Gasteiger partial charge in [-0.2, -0.15) is 0 Å². The summed E-state index contributed by atoms with van der Waals surface area (Å²) in [6.45, 7) is 1.90. The van der Waals surface area contributed by atoms with E-state index in [2.05, 4.69) is 33.1 Å². The van der Waals surface area contributed by atoms with Crippen LogP contribution in [0.1, 0.15) is 11.1 Å². The number of hydrogen-bond donors (Lipinski definition) is 1. The van der Waals surface area contributed by atoms with Crippen molar-refractivity contribution in [2.24, 2.45) is 5.16 Å². The smallest absolute Gasteiger partial charge is 0.265 e. The van der Waals surface area contributed by atoms with Gasteiger partial charge in [-0.1, -0.05) is 35.0 Å². The number of rotatable bonds is 5. The second kappa shape index (κ2) is 7.78. The van der Waals surface area contributed by atoms with Crippen LogP contribution in [-0.2, 0) is 9.63 Å². The molecule has 0 radical (unpaired) electrons. The van der Waals surface area contributed by atoms with Crippen molar-refractivity contribution in [2.45, 2.75) is 6.92 Å².